The molecule has 4 rings (SSSR count). The van der Waals surface area contributed by atoms with Crippen molar-refractivity contribution in [2.24, 2.45) is 5.92 Å². The summed E-state index contributed by atoms with van der Waals surface area (Å²) in [7, 11) is 1.87. The van der Waals surface area contributed by atoms with Crippen LogP contribution in [0, 0.1) is 11.7 Å². The van der Waals surface area contributed by atoms with Crippen LogP contribution in [0.4, 0.5) is 10.2 Å². The van der Waals surface area contributed by atoms with Crippen molar-refractivity contribution in [2.75, 3.05) is 25.0 Å². The number of piperidine rings is 1. The predicted octanol–water partition coefficient (Wildman–Crippen LogP) is 4.16. The van der Waals surface area contributed by atoms with Crippen molar-refractivity contribution in [2.45, 2.75) is 19.4 Å². The Bertz CT molecular complexity index is 976. The highest BCUT2D eigenvalue weighted by molar-refractivity contribution is 5.79. The number of halogens is 1. The molecule has 3 aromatic rings. The molecule has 154 valence electrons. The highest BCUT2D eigenvalue weighted by Gasteiger charge is 2.28. The molecule has 0 aliphatic carbocycles. The normalized spacial score (nSPS) is 16.3. The molecular formula is C24H25FN4O. The summed E-state index contributed by atoms with van der Waals surface area (Å²) in [5.41, 5.74) is 2.65. The molecule has 2 aromatic carbocycles. The third-order valence-corrected chi connectivity index (χ3v) is 5.52. The van der Waals surface area contributed by atoms with Crippen LogP contribution in [0.5, 0.6) is 0 Å². The molecule has 0 radical (unpaired) electrons. The van der Waals surface area contributed by atoms with E-state index in [1.54, 1.807) is 12.1 Å². The van der Waals surface area contributed by atoms with Crippen LogP contribution in [0.3, 0.4) is 0 Å². The first-order chi connectivity index (χ1) is 14.6. The topological polar surface area (TPSA) is 49.3 Å². The van der Waals surface area contributed by atoms with Crippen molar-refractivity contribution in [3.8, 4) is 11.3 Å². The number of carbonyl (C=O) groups excluding carboxylic acids is 1. The van der Waals surface area contributed by atoms with Crippen LogP contribution in [0.2, 0.25) is 0 Å². The first kappa shape index (κ1) is 20.0. The molecule has 0 N–H and O–H groups in total. The lowest BCUT2D eigenvalue weighted by molar-refractivity contribution is -0.135. The largest absolute Gasteiger partial charge is 0.354 e. The lowest BCUT2D eigenvalue weighted by Gasteiger charge is -2.34. The summed E-state index contributed by atoms with van der Waals surface area (Å²) in [4.78, 5) is 16.9. The Morgan fingerprint density at radius 3 is 2.53 bits per heavy atom. The molecule has 1 atom stereocenters. The monoisotopic (exact) mass is 404 g/mol. The van der Waals surface area contributed by atoms with E-state index >= 15 is 0 Å². The molecule has 1 aliphatic rings. The number of amides is 1. The van der Waals surface area contributed by atoms with Crippen LogP contribution in [0.25, 0.3) is 11.3 Å². The summed E-state index contributed by atoms with van der Waals surface area (Å²) in [6, 6.07) is 20.1. The second-order valence-corrected chi connectivity index (χ2v) is 7.75. The fourth-order valence-corrected chi connectivity index (χ4v) is 3.90. The Kier molecular flexibility index (Phi) is 6.02. The van der Waals surface area contributed by atoms with Crippen molar-refractivity contribution in [3.63, 3.8) is 0 Å². The first-order valence-corrected chi connectivity index (χ1v) is 10.2. The van der Waals surface area contributed by atoms with Gasteiger partial charge in [-0.1, -0.05) is 30.3 Å². The zero-order valence-electron chi connectivity index (χ0n) is 17.0. The number of rotatable bonds is 5. The highest BCUT2D eigenvalue weighted by atomic mass is 19.1. The molecule has 1 fully saturated rings. The average Bonchev–Trinajstić information content (AvgIpc) is 2.80. The predicted molar refractivity (Wildman–Crippen MR) is 115 cm³/mol. The van der Waals surface area contributed by atoms with Gasteiger partial charge in [0.25, 0.3) is 0 Å². The van der Waals surface area contributed by atoms with Crippen LogP contribution in [-0.4, -0.2) is 41.1 Å². The summed E-state index contributed by atoms with van der Waals surface area (Å²) in [5.74, 6) is 0.610. The molecular weight excluding hydrogens is 379 g/mol. The van der Waals surface area contributed by atoms with Crippen LogP contribution < -0.4 is 4.90 Å². The van der Waals surface area contributed by atoms with Crippen LogP contribution >= 0.6 is 0 Å². The van der Waals surface area contributed by atoms with Gasteiger partial charge in [-0.2, -0.15) is 0 Å². The first-order valence-electron chi connectivity index (χ1n) is 10.2. The number of carbonyl (C=O) groups is 1. The number of hydrogen-bond acceptors (Lipinski definition) is 4. The van der Waals surface area contributed by atoms with Gasteiger partial charge in [0.15, 0.2) is 5.82 Å². The lowest BCUT2D eigenvalue weighted by Crippen LogP contribution is -2.43. The van der Waals surface area contributed by atoms with Gasteiger partial charge in [-0.3, -0.25) is 4.79 Å². The van der Waals surface area contributed by atoms with Crippen molar-refractivity contribution < 1.29 is 9.18 Å². The van der Waals surface area contributed by atoms with Gasteiger partial charge in [-0.05, 0) is 54.8 Å². The van der Waals surface area contributed by atoms with E-state index in [0.29, 0.717) is 18.8 Å². The molecule has 1 amide bonds. The van der Waals surface area contributed by atoms with Crippen LogP contribution in [-0.2, 0) is 11.3 Å². The maximum absolute atomic E-state index is 13.1. The number of hydrogen-bond donors (Lipinski definition) is 0. The molecule has 30 heavy (non-hydrogen) atoms. The van der Waals surface area contributed by atoms with Gasteiger partial charge in [-0.25, -0.2) is 4.39 Å². The van der Waals surface area contributed by atoms with E-state index in [1.807, 2.05) is 54.4 Å². The molecule has 1 unspecified atom stereocenters. The molecule has 6 heteroatoms. The second-order valence-electron chi connectivity index (χ2n) is 7.75. The molecule has 0 spiro atoms. The minimum Gasteiger partial charge on any atom is -0.354 e. The van der Waals surface area contributed by atoms with E-state index in [9.17, 15) is 9.18 Å². The van der Waals surface area contributed by atoms with Crippen molar-refractivity contribution in [1.82, 2.24) is 15.1 Å². The summed E-state index contributed by atoms with van der Waals surface area (Å²) in [6.07, 6.45) is 1.83. The number of anilines is 1. The molecule has 0 saturated carbocycles. The average molecular weight is 404 g/mol. The molecule has 5 nitrogen and oxygen atoms in total. The van der Waals surface area contributed by atoms with Crippen LogP contribution in [0.1, 0.15) is 18.4 Å². The molecule has 1 aliphatic heterocycles. The van der Waals surface area contributed by atoms with Gasteiger partial charge >= 0.3 is 0 Å². The van der Waals surface area contributed by atoms with Gasteiger partial charge < -0.3 is 9.80 Å². The second kappa shape index (κ2) is 9.03. The van der Waals surface area contributed by atoms with Crippen molar-refractivity contribution >= 4 is 11.7 Å². The van der Waals surface area contributed by atoms with E-state index in [-0.39, 0.29) is 17.6 Å². The maximum Gasteiger partial charge on any atom is 0.227 e. The fraction of sp³-hybridized carbons (Fsp3) is 0.292. The Labute approximate surface area is 176 Å². The Morgan fingerprint density at radius 1 is 1.07 bits per heavy atom. The Hall–Kier alpha value is -3.28. The van der Waals surface area contributed by atoms with Gasteiger partial charge in [0, 0.05) is 32.2 Å². The molecule has 1 aromatic heterocycles. The summed E-state index contributed by atoms with van der Waals surface area (Å²) >= 11 is 0. The van der Waals surface area contributed by atoms with E-state index in [4.69, 9.17) is 0 Å². The summed E-state index contributed by atoms with van der Waals surface area (Å²) < 4.78 is 13.1. The van der Waals surface area contributed by atoms with Gasteiger partial charge in [0.05, 0.1) is 11.6 Å². The van der Waals surface area contributed by atoms with Gasteiger partial charge in [-0.15, -0.1) is 10.2 Å². The van der Waals surface area contributed by atoms with E-state index in [0.717, 1.165) is 36.3 Å². The van der Waals surface area contributed by atoms with Gasteiger partial charge in [0.2, 0.25) is 5.91 Å². The number of nitrogens with zero attached hydrogens (tertiary/aromatic N) is 4. The fourth-order valence-electron chi connectivity index (χ4n) is 3.90. The quantitative estimate of drug-likeness (QED) is 0.641. The minimum atomic E-state index is -0.274. The third kappa shape index (κ3) is 4.64. The highest BCUT2D eigenvalue weighted by Crippen LogP contribution is 2.25. The van der Waals surface area contributed by atoms with Crippen molar-refractivity contribution in [1.29, 1.82) is 0 Å². The van der Waals surface area contributed by atoms with Gasteiger partial charge in [0.1, 0.15) is 5.82 Å². The Balaban J connectivity index is 1.40. The summed E-state index contributed by atoms with van der Waals surface area (Å²) in [6.45, 7) is 2.11. The van der Waals surface area contributed by atoms with E-state index < -0.39 is 0 Å². The molecule has 0 bridgehead atoms. The van der Waals surface area contributed by atoms with E-state index in [2.05, 4.69) is 15.1 Å². The lowest BCUT2D eigenvalue weighted by atomic mass is 9.96. The SMILES string of the molecule is CN(Cc1ccccc1)C(=O)C1CCCN(c2ccc(-c3ccc(F)cc3)nn2)C1. The zero-order chi connectivity index (χ0) is 20.9. The zero-order valence-corrected chi connectivity index (χ0v) is 17.0. The maximum atomic E-state index is 13.1. The Morgan fingerprint density at radius 2 is 1.83 bits per heavy atom. The van der Waals surface area contributed by atoms with Crippen LogP contribution in [0.15, 0.2) is 66.7 Å². The standard InChI is InChI=1S/C24H25FN4O/c1-28(16-18-6-3-2-4-7-18)24(30)20-8-5-15-29(17-20)23-14-13-22(26-27-23)19-9-11-21(25)12-10-19/h2-4,6-7,9-14,20H,5,8,15-17H2,1H3. The molecule has 2 heterocycles. The molecule has 1 saturated heterocycles. The smallest absolute Gasteiger partial charge is 0.227 e. The van der Waals surface area contributed by atoms with Crippen molar-refractivity contribution in [3.05, 3.63) is 78.1 Å². The third-order valence-electron chi connectivity index (χ3n) is 5.52. The summed E-state index contributed by atoms with van der Waals surface area (Å²) in [5, 5.41) is 8.67. The minimum absolute atomic E-state index is 0.0500. The number of benzene rings is 2. The number of aromatic nitrogens is 2. The van der Waals surface area contributed by atoms with E-state index in [1.165, 1.54) is 12.1 Å².